The molecular weight excluding hydrogens is 224 g/mol. The maximum atomic E-state index is 10.6. The van der Waals surface area contributed by atoms with Gasteiger partial charge in [0.15, 0.2) is 0 Å². The van der Waals surface area contributed by atoms with E-state index < -0.39 is 4.92 Å². The second-order valence-electron chi connectivity index (χ2n) is 3.32. The number of nitro groups is 1. The molecule has 0 aliphatic rings. The van der Waals surface area contributed by atoms with Gasteiger partial charge < -0.3 is 11.1 Å². The summed E-state index contributed by atoms with van der Waals surface area (Å²) in [6, 6.07) is 2.69. The highest BCUT2D eigenvalue weighted by Crippen LogP contribution is 2.15. The molecule has 2 aromatic heterocycles. The predicted molar refractivity (Wildman–Crippen MR) is 61.2 cm³/mol. The first kappa shape index (κ1) is 10.9. The first-order valence-corrected chi connectivity index (χ1v) is 4.79. The van der Waals surface area contributed by atoms with Gasteiger partial charge in [-0.15, -0.1) is 0 Å². The fraction of sp³-hybridized carbons (Fsp3) is 0.111. The van der Waals surface area contributed by atoms with E-state index in [0.29, 0.717) is 18.2 Å². The molecule has 2 heterocycles. The van der Waals surface area contributed by atoms with Crippen LogP contribution in [0.4, 0.5) is 17.3 Å². The fourth-order valence-electron chi connectivity index (χ4n) is 1.28. The van der Waals surface area contributed by atoms with Crippen LogP contribution in [0, 0.1) is 10.1 Å². The molecule has 2 rings (SSSR count). The van der Waals surface area contributed by atoms with Gasteiger partial charge in [-0.3, -0.25) is 15.2 Å². The number of nitrogens with two attached hydrogens (primary N) is 1. The van der Waals surface area contributed by atoms with Gasteiger partial charge in [0.05, 0.1) is 17.2 Å². The molecule has 0 saturated heterocycles. The van der Waals surface area contributed by atoms with Crippen LogP contribution in [0.3, 0.4) is 0 Å². The number of hydrogen-bond donors (Lipinski definition) is 3. The van der Waals surface area contributed by atoms with Gasteiger partial charge in [-0.1, -0.05) is 0 Å². The molecule has 8 nitrogen and oxygen atoms in total. The number of aromatic amines is 1. The largest absolute Gasteiger partial charge is 0.384 e. The molecule has 0 unspecified atom stereocenters. The summed E-state index contributed by atoms with van der Waals surface area (Å²) in [5, 5.41) is 19.8. The van der Waals surface area contributed by atoms with E-state index in [0.717, 1.165) is 5.56 Å². The minimum atomic E-state index is -0.473. The van der Waals surface area contributed by atoms with Crippen LogP contribution >= 0.6 is 0 Å². The molecule has 17 heavy (non-hydrogen) atoms. The number of aromatic nitrogens is 3. The van der Waals surface area contributed by atoms with E-state index in [1.165, 1.54) is 18.3 Å². The summed E-state index contributed by atoms with van der Waals surface area (Å²) >= 11 is 0. The number of hydrogen-bond acceptors (Lipinski definition) is 6. The number of nitrogen functional groups attached to an aromatic ring is 1. The second-order valence-corrected chi connectivity index (χ2v) is 3.32. The Morgan fingerprint density at radius 2 is 2.41 bits per heavy atom. The van der Waals surface area contributed by atoms with E-state index in [1.807, 2.05) is 0 Å². The molecule has 88 valence electrons. The third kappa shape index (κ3) is 2.48. The Morgan fingerprint density at radius 1 is 1.59 bits per heavy atom. The van der Waals surface area contributed by atoms with Crippen LogP contribution in [0.15, 0.2) is 24.5 Å². The number of nitrogens with one attached hydrogen (secondary N) is 2. The third-order valence-corrected chi connectivity index (χ3v) is 2.17. The summed E-state index contributed by atoms with van der Waals surface area (Å²) in [7, 11) is 0. The summed E-state index contributed by atoms with van der Waals surface area (Å²) < 4.78 is 0. The lowest BCUT2D eigenvalue weighted by Crippen LogP contribution is -2.03. The van der Waals surface area contributed by atoms with Crippen molar-refractivity contribution in [2.24, 2.45) is 0 Å². The first-order valence-electron chi connectivity index (χ1n) is 4.79. The standard InChI is InChI=1S/C9H10N6O2/c10-9-6(5-13-14-9)4-12-8-3-7(15(16)17)1-2-11-8/h1-3,5H,4H2,(H,11,12)(H3,10,13,14). The molecule has 0 aliphatic carbocycles. The SMILES string of the molecule is Nc1[nH]ncc1CNc1cc([N+](=O)[O-])ccn1. The molecule has 0 atom stereocenters. The topological polar surface area (TPSA) is 123 Å². The van der Waals surface area contributed by atoms with Crippen LogP contribution in [0.5, 0.6) is 0 Å². The number of H-pyrrole nitrogens is 1. The summed E-state index contributed by atoms with van der Waals surface area (Å²) in [5.74, 6) is 0.878. The molecule has 0 aromatic carbocycles. The van der Waals surface area contributed by atoms with Crippen molar-refractivity contribution in [2.45, 2.75) is 6.54 Å². The average Bonchev–Trinajstić information content (AvgIpc) is 2.72. The smallest absolute Gasteiger partial charge is 0.274 e. The lowest BCUT2D eigenvalue weighted by atomic mass is 10.3. The summed E-state index contributed by atoms with van der Waals surface area (Å²) in [5.41, 5.74) is 6.36. The zero-order valence-electron chi connectivity index (χ0n) is 8.75. The molecule has 0 amide bonds. The summed E-state index contributed by atoms with van der Waals surface area (Å²) in [6.07, 6.45) is 2.96. The van der Waals surface area contributed by atoms with Crippen molar-refractivity contribution in [1.29, 1.82) is 0 Å². The van der Waals surface area contributed by atoms with E-state index >= 15 is 0 Å². The van der Waals surface area contributed by atoms with Gasteiger partial charge in [0.2, 0.25) is 0 Å². The highest BCUT2D eigenvalue weighted by Gasteiger charge is 2.07. The van der Waals surface area contributed by atoms with E-state index in [-0.39, 0.29) is 5.69 Å². The molecule has 0 spiro atoms. The number of nitrogens with zero attached hydrogens (tertiary/aromatic N) is 3. The molecule has 4 N–H and O–H groups in total. The quantitative estimate of drug-likeness (QED) is 0.533. The van der Waals surface area contributed by atoms with Gasteiger partial charge in [-0.25, -0.2) is 4.98 Å². The van der Waals surface area contributed by atoms with Gasteiger partial charge in [0, 0.05) is 24.4 Å². The molecule has 0 aliphatic heterocycles. The lowest BCUT2D eigenvalue weighted by Gasteiger charge is -2.03. The lowest BCUT2D eigenvalue weighted by molar-refractivity contribution is -0.384. The van der Waals surface area contributed by atoms with E-state index in [1.54, 1.807) is 6.20 Å². The van der Waals surface area contributed by atoms with Crippen LogP contribution < -0.4 is 11.1 Å². The predicted octanol–water partition coefficient (Wildman–Crippen LogP) is 0.907. The van der Waals surface area contributed by atoms with Crippen LogP contribution in [0.25, 0.3) is 0 Å². The second kappa shape index (κ2) is 4.47. The van der Waals surface area contributed by atoms with Gasteiger partial charge in [0.1, 0.15) is 11.6 Å². The van der Waals surface area contributed by atoms with Crippen LogP contribution in [-0.2, 0) is 6.54 Å². The highest BCUT2D eigenvalue weighted by atomic mass is 16.6. The van der Waals surface area contributed by atoms with Crippen molar-refractivity contribution >= 4 is 17.3 Å². The highest BCUT2D eigenvalue weighted by molar-refractivity contribution is 5.46. The molecule has 0 saturated carbocycles. The van der Waals surface area contributed by atoms with Crippen LogP contribution in [0.1, 0.15) is 5.56 Å². The van der Waals surface area contributed by atoms with E-state index in [2.05, 4.69) is 20.5 Å². The van der Waals surface area contributed by atoms with Crippen molar-refractivity contribution in [3.8, 4) is 0 Å². The van der Waals surface area contributed by atoms with Gasteiger partial charge in [-0.05, 0) is 0 Å². The monoisotopic (exact) mass is 234 g/mol. The summed E-state index contributed by atoms with van der Waals surface area (Å²) in [4.78, 5) is 14.0. The zero-order valence-corrected chi connectivity index (χ0v) is 8.75. The Morgan fingerprint density at radius 3 is 3.06 bits per heavy atom. The van der Waals surface area contributed by atoms with Crippen molar-refractivity contribution in [3.05, 3.63) is 40.2 Å². The molecule has 2 aromatic rings. The Kier molecular flexibility index (Phi) is 2.86. The number of anilines is 2. The Labute approximate surface area is 96.0 Å². The maximum absolute atomic E-state index is 10.6. The Bertz CT molecular complexity index is 538. The van der Waals surface area contributed by atoms with Gasteiger partial charge in [0.25, 0.3) is 5.69 Å². The third-order valence-electron chi connectivity index (χ3n) is 2.17. The van der Waals surface area contributed by atoms with Gasteiger partial charge in [-0.2, -0.15) is 5.10 Å². The maximum Gasteiger partial charge on any atom is 0.274 e. The van der Waals surface area contributed by atoms with Crippen molar-refractivity contribution < 1.29 is 4.92 Å². The first-order chi connectivity index (χ1) is 8.16. The van der Waals surface area contributed by atoms with Crippen LogP contribution in [-0.4, -0.2) is 20.1 Å². The Balaban J connectivity index is 2.07. The Hall–Kier alpha value is -2.64. The van der Waals surface area contributed by atoms with Crippen molar-refractivity contribution in [3.63, 3.8) is 0 Å². The van der Waals surface area contributed by atoms with Crippen molar-refractivity contribution in [2.75, 3.05) is 11.1 Å². The van der Waals surface area contributed by atoms with Crippen LogP contribution in [0.2, 0.25) is 0 Å². The van der Waals surface area contributed by atoms with Gasteiger partial charge >= 0.3 is 0 Å². The molecular formula is C9H10N6O2. The average molecular weight is 234 g/mol. The fourth-order valence-corrected chi connectivity index (χ4v) is 1.28. The molecule has 0 fully saturated rings. The molecule has 0 bridgehead atoms. The molecule has 8 heteroatoms. The molecule has 0 radical (unpaired) electrons. The number of rotatable bonds is 4. The number of pyridine rings is 1. The summed E-state index contributed by atoms with van der Waals surface area (Å²) in [6.45, 7) is 0.399. The van der Waals surface area contributed by atoms with E-state index in [4.69, 9.17) is 5.73 Å². The minimum absolute atomic E-state index is 0.0114. The zero-order chi connectivity index (χ0) is 12.3. The van der Waals surface area contributed by atoms with E-state index in [9.17, 15) is 10.1 Å². The minimum Gasteiger partial charge on any atom is -0.384 e. The van der Waals surface area contributed by atoms with Crippen molar-refractivity contribution in [1.82, 2.24) is 15.2 Å². The normalized spacial score (nSPS) is 10.1.